The van der Waals surface area contributed by atoms with Crippen molar-refractivity contribution in [1.82, 2.24) is 14.7 Å². The topological polar surface area (TPSA) is 60.9 Å². The predicted octanol–water partition coefficient (Wildman–Crippen LogP) is -0.485. The maximum absolute atomic E-state index is 12.0. The van der Waals surface area contributed by atoms with Crippen LogP contribution in [-0.4, -0.2) is 93.4 Å². The molecule has 0 bridgehead atoms. The highest BCUT2D eigenvalue weighted by Gasteiger charge is 2.26. The molecule has 0 aromatic heterocycles. The average Bonchev–Trinajstić information content (AvgIpc) is 2.36. The van der Waals surface area contributed by atoms with E-state index in [2.05, 4.69) is 9.80 Å². The Labute approximate surface area is 122 Å². The molecule has 1 fully saturated rings. The first-order valence-corrected chi connectivity index (χ1v) is 8.80. The van der Waals surface area contributed by atoms with E-state index in [1.165, 1.54) is 0 Å². The van der Waals surface area contributed by atoms with Gasteiger partial charge in [0.1, 0.15) is 5.75 Å². The molecule has 6 nitrogen and oxygen atoms in total. The van der Waals surface area contributed by atoms with Gasteiger partial charge in [0.05, 0.1) is 5.25 Å². The number of rotatable bonds is 6. The summed E-state index contributed by atoms with van der Waals surface area (Å²) in [6.07, 6.45) is 0. The number of amides is 1. The third kappa shape index (κ3) is 5.38. The predicted molar refractivity (Wildman–Crippen MR) is 80.5 cm³/mol. The first kappa shape index (κ1) is 17.4. The van der Waals surface area contributed by atoms with Crippen LogP contribution in [0, 0.1) is 0 Å². The summed E-state index contributed by atoms with van der Waals surface area (Å²) in [5, 5.41) is -0.493. The highest BCUT2D eigenvalue weighted by atomic mass is 32.2. The first-order chi connectivity index (χ1) is 9.22. The van der Waals surface area contributed by atoms with Gasteiger partial charge in [-0.2, -0.15) is 0 Å². The first-order valence-electron chi connectivity index (χ1n) is 7.09. The normalized spacial score (nSPS) is 18.0. The second-order valence-electron chi connectivity index (χ2n) is 5.88. The fourth-order valence-corrected chi connectivity index (χ4v) is 2.85. The van der Waals surface area contributed by atoms with Crippen molar-refractivity contribution < 1.29 is 13.2 Å². The van der Waals surface area contributed by atoms with Gasteiger partial charge in [0.2, 0.25) is 5.91 Å². The number of hydrogen-bond acceptors (Lipinski definition) is 5. The van der Waals surface area contributed by atoms with Crippen LogP contribution in [0.5, 0.6) is 0 Å². The van der Waals surface area contributed by atoms with Gasteiger partial charge in [-0.25, -0.2) is 8.42 Å². The summed E-state index contributed by atoms with van der Waals surface area (Å²) in [6.45, 7) is 8.10. The number of sulfone groups is 1. The lowest BCUT2D eigenvalue weighted by molar-refractivity contribution is -0.130. The van der Waals surface area contributed by atoms with Gasteiger partial charge in [-0.1, -0.05) is 0 Å². The molecule has 7 heteroatoms. The van der Waals surface area contributed by atoms with E-state index in [4.69, 9.17) is 0 Å². The lowest BCUT2D eigenvalue weighted by Gasteiger charge is -2.35. The minimum absolute atomic E-state index is 0.258. The van der Waals surface area contributed by atoms with Gasteiger partial charge in [-0.15, -0.1) is 0 Å². The largest absolute Gasteiger partial charge is 0.339 e. The highest BCUT2D eigenvalue weighted by molar-refractivity contribution is 7.92. The van der Waals surface area contributed by atoms with E-state index in [1.54, 1.807) is 18.7 Å². The second-order valence-corrected chi connectivity index (χ2v) is 8.44. The van der Waals surface area contributed by atoms with E-state index < -0.39 is 15.1 Å². The molecule has 0 aromatic carbocycles. The Morgan fingerprint density at radius 2 is 1.70 bits per heavy atom. The Morgan fingerprint density at radius 3 is 2.15 bits per heavy atom. The Hall–Kier alpha value is -0.660. The third-order valence-corrected chi connectivity index (χ3v) is 5.72. The van der Waals surface area contributed by atoms with Crippen molar-refractivity contribution in [3.05, 3.63) is 0 Å². The van der Waals surface area contributed by atoms with Crippen LogP contribution < -0.4 is 0 Å². The van der Waals surface area contributed by atoms with Gasteiger partial charge in [0.15, 0.2) is 9.84 Å². The van der Waals surface area contributed by atoms with Crippen molar-refractivity contribution in [2.24, 2.45) is 0 Å². The van der Waals surface area contributed by atoms with Gasteiger partial charge in [0, 0.05) is 39.3 Å². The zero-order chi connectivity index (χ0) is 15.3. The maximum atomic E-state index is 12.0. The van der Waals surface area contributed by atoms with Gasteiger partial charge >= 0.3 is 0 Å². The van der Waals surface area contributed by atoms with Crippen LogP contribution in [-0.2, 0) is 14.6 Å². The fourth-order valence-electron chi connectivity index (χ4n) is 1.99. The Kier molecular flexibility index (Phi) is 6.42. The molecule has 0 aliphatic carbocycles. The van der Waals surface area contributed by atoms with Crippen LogP contribution >= 0.6 is 0 Å². The van der Waals surface area contributed by atoms with Crippen molar-refractivity contribution in [1.29, 1.82) is 0 Å². The van der Waals surface area contributed by atoms with Crippen LogP contribution in [0.1, 0.15) is 13.8 Å². The van der Waals surface area contributed by atoms with E-state index in [-0.39, 0.29) is 11.7 Å². The summed E-state index contributed by atoms with van der Waals surface area (Å²) in [6, 6.07) is 0. The van der Waals surface area contributed by atoms with E-state index in [1.807, 2.05) is 14.1 Å². The molecule has 118 valence electrons. The number of carbonyl (C=O) groups excluding carboxylic acids is 1. The third-order valence-electron chi connectivity index (χ3n) is 3.63. The smallest absolute Gasteiger partial charge is 0.237 e. The van der Waals surface area contributed by atoms with Crippen molar-refractivity contribution in [3.8, 4) is 0 Å². The van der Waals surface area contributed by atoms with E-state index >= 15 is 0 Å². The summed E-state index contributed by atoms with van der Waals surface area (Å²) in [4.78, 5) is 18.1. The van der Waals surface area contributed by atoms with Gasteiger partial charge in [-0.05, 0) is 27.9 Å². The van der Waals surface area contributed by atoms with Gasteiger partial charge in [-0.3, -0.25) is 9.69 Å². The number of piperazine rings is 1. The summed E-state index contributed by atoms with van der Waals surface area (Å²) < 4.78 is 23.5. The summed E-state index contributed by atoms with van der Waals surface area (Å²) in [5.41, 5.74) is 0. The molecular formula is C13H27N3O3S. The molecule has 1 rings (SSSR count). The highest BCUT2D eigenvalue weighted by Crippen LogP contribution is 2.06. The zero-order valence-corrected chi connectivity index (χ0v) is 13.8. The van der Waals surface area contributed by atoms with Crippen LogP contribution in [0.15, 0.2) is 0 Å². The van der Waals surface area contributed by atoms with E-state index in [0.29, 0.717) is 13.1 Å². The summed E-state index contributed by atoms with van der Waals surface area (Å²) in [7, 11) is 0.783. The molecule has 0 N–H and O–H groups in total. The Balaban J connectivity index is 2.40. The minimum Gasteiger partial charge on any atom is -0.339 e. The number of carbonyl (C=O) groups is 1. The average molecular weight is 305 g/mol. The number of hydrogen-bond donors (Lipinski definition) is 0. The molecule has 1 saturated heterocycles. The van der Waals surface area contributed by atoms with Crippen LogP contribution in [0.3, 0.4) is 0 Å². The second kappa shape index (κ2) is 7.38. The fraction of sp³-hybridized carbons (Fsp3) is 0.923. The van der Waals surface area contributed by atoms with E-state index in [9.17, 15) is 13.2 Å². The Morgan fingerprint density at radius 1 is 1.15 bits per heavy atom. The molecule has 0 atom stereocenters. The molecule has 1 aliphatic rings. The number of nitrogens with zero attached hydrogens (tertiary/aromatic N) is 3. The molecule has 1 heterocycles. The van der Waals surface area contributed by atoms with Gasteiger partial charge in [0.25, 0.3) is 0 Å². The summed E-state index contributed by atoms with van der Waals surface area (Å²) in [5.74, 6) is -0.617. The molecular weight excluding hydrogens is 278 g/mol. The van der Waals surface area contributed by atoms with Crippen molar-refractivity contribution in [2.45, 2.75) is 19.1 Å². The minimum atomic E-state index is -3.29. The van der Waals surface area contributed by atoms with Crippen LogP contribution in [0.25, 0.3) is 0 Å². The molecule has 1 amide bonds. The van der Waals surface area contributed by atoms with Crippen molar-refractivity contribution in [2.75, 3.05) is 59.1 Å². The molecule has 0 radical (unpaired) electrons. The standard InChI is InChI=1S/C13H27N3O3S/c1-12(2)20(18,19)11-13(17)16-9-7-15(8-10-16)6-5-14(3)4/h12H,5-11H2,1-4H3. The number of likely N-dealkylation sites (N-methyl/N-ethyl adjacent to an activating group) is 1. The summed E-state index contributed by atoms with van der Waals surface area (Å²) >= 11 is 0. The van der Waals surface area contributed by atoms with Crippen LogP contribution in [0.4, 0.5) is 0 Å². The molecule has 0 spiro atoms. The molecule has 1 aliphatic heterocycles. The quantitative estimate of drug-likeness (QED) is 0.663. The zero-order valence-electron chi connectivity index (χ0n) is 13.0. The van der Waals surface area contributed by atoms with Gasteiger partial charge < -0.3 is 9.80 Å². The lowest BCUT2D eigenvalue weighted by Crippen LogP contribution is -2.51. The lowest BCUT2D eigenvalue weighted by atomic mass is 10.3. The van der Waals surface area contributed by atoms with E-state index in [0.717, 1.165) is 26.2 Å². The monoisotopic (exact) mass is 305 g/mol. The molecule has 0 saturated carbocycles. The molecule has 20 heavy (non-hydrogen) atoms. The SMILES string of the molecule is CC(C)S(=O)(=O)CC(=O)N1CCN(CCN(C)C)CC1. The van der Waals surface area contributed by atoms with Crippen molar-refractivity contribution in [3.63, 3.8) is 0 Å². The molecule has 0 unspecified atom stereocenters. The maximum Gasteiger partial charge on any atom is 0.237 e. The Bertz CT molecular complexity index is 413. The van der Waals surface area contributed by atoms with Crippen molar-refractivity contribution >= 4 is 15.7 Å². The van der Waals surface area contributed by atoms with Crippen LogP contribution in [0.2, 0.25) is 0 Å². The molecule has 0 aromatic rings.